The number of hydrogen-bond acceptors (Lipinski definition) is 4. The minimum absolute atomic E-state index is 0.226. The van der Waals surface area contributed by atoms with Gasteiger partial charge in [-0.25, -0.2) is 9.78 Å². The van der Waals surface area contributed by atoms with Gasteiger partial charge in [0.25, 0.3) is 0 Å². The van der Waals surface area contributed by atoms with Crippen LogP contribution in [0.15, 0.2) is 53.6 Å². The van der Waals surface area contributed by atoms with Crippen LogP contribution in [0.2, 0.25) is 0 Å². The maximum absolute atomic E-state index is 11.5. The van der Waals surface area contributed by atoms with Gasteiger partial charge in [0.05, 0.1) is 13.5 Å². The van der Waals surface area contributed by atoms with E-state index in [-0.39, 0.29) is 30.0 Å². The Kier molecular flexibility index (Phi) is 7.81. The van der Waals surface area contributed by atoms with Crippen molar-refractivity contribution < 1.29 is 19.3 Å². The topological polar surface area (TPSA) is 44.8 Å². The van der Waals surface area contributed by atoms with Crippen molar-refractivity contribution in [3.63, 3.8) is 0 Å². The number of carbonyl (C=O) groups is 1. The van der Waals surface area contributed by atoms with Crippen molar-refractivity contribution in [2.24, 2.45) is 5.92 Å². The molecule has 2 rings (SSSR count). The molecule has 0 unspecified atom stereocenters. The van der Waals surface area contributed by atoms with Gasteiger partial charge < -0.3 is 4.74 Å². The van der Waals surface area contributed by atoms with Crippen LogP contribution in [0.3, 0.4) is 0 Å². The van der Waals surface area contributed by atoms with Crippen LogP contribution in [0.1, 0.15) is 52.5 Å². The van der Waals surface area contributed by atoms with Gasteiger partial charge in [-0.15, -0.1) is 0 Å². The number of benzene rings is 1. The predicted octanol–water partition coefficient (Wildman–Crippen LogP) is 5.19. The Morgan fingerprint density at radius 3 is 2.63 bits per heavy atom. The maximum atomic E-state index is 11.5. The van der Waals surface area contributed by atoms with Crippen molar-refractivity contribution in [3.05, 3.63) is 59.2 Å². The van der Waals surface area contributed by atoms with Crippen molar-refractivity contribution in [2.45, 2.75) is 65.1 Å². The van der Waals surface area contributed by atoms with E-state index in [1.807, 2.05) is 6.07 Å². The van der Waals surface area contributed by atoms with E-state index >= 15 is 0 Å². The van der Waals surface area contributed by atoms with Gasteiger partial charge in [-0.2, -0.15) is 0 Å². The summed E-state index contributed by atoms with van der Waals surface area (Å²) in [5, 5.41) is 0. The summed E-state index contributed by atoms with van der Waals surface area (Å²) in [6, 6.07) is 10.4. The number of rotatable bonds is 7. The third-order valence-electron chi connectivity index (χ3n) is 4.99. The summed E-state index contributed by atoms with van der Waals surface area (Å²) in [6.07, 6.45) is 6.99. The Morgan fingerprint density at radius 2 is 2.00 bits per heavy atom. The normalized spacial score (nSPS) is 26.7. The molecule has 1 aromatic carbocycles. The molecule has 0 aromatic heterocycles. The highest BCUT2D eigenvalue weighted by molar-refractivity contribution is 5.69. The zero-order valence-corrected chi connectivity index (χ0v) is 17.2. The summed E-state index contributed by atoms with van der Waals surface area (Å²) in [6.45, 7) is 8.42. The molecule has 1 aromatic rings. The zero-order chi connectivity index (χ0) is 19.9. The number of esters is 1. The van der Waals surface area contributed by atoms with Crippen LogP contribution in [-0.2, 0) is 25.7 Å². The second-order valence-corrected chi connectivity index (χ2v) is 7.93. The summed E-state index contributed by atoms with van der Waals surface area (Å²) >= 11 is 0. The van der Waals surface area contributed by atoms with Gasteiger partial charge in [-0.05, 0) is 45.1 Å². The molecule has 0 spiro atoms. The van der Waals surface area contributed by atoms with Crippen molar-refractivity contribution in [2.75, 3.05) is 7.11 Å². The van der Waals surface area contributed by atoms with Crippen molar-refractivity contribution in [1.29, 1.82) is 0 Å². The van der Waals surface area contributed by atoms with E-state index in [0.717, 1.165) is 19.3 Å². The third-order valence-corrected chi connectivity index (χ3v) is 4.99. The Bertz CT molecular complexity index is 677. The first kappa shape index (κ1) is 21.4. The molecule has 1 heterocycles. The SMILES string of the molecule is COC(=O)C[C@@H]1OO[C@@](C)(C/C(C)=C/C(C)=C/Cc2ccccc2)C[C@H]1C. The average Bonchev–Trinajstić information content (AvgIpc) is 2.62. The molecule has 148 valence electrons. The van der Waals surface area contributed by atoms with Gasteiger partial charge in [-0.3, -0.25) is 4.79 Å². The third kappa shape index (κ3) is 6.96. The molecule has 1 fully saturated rings. The van der Waals surface area contributed by atoms with Crippen LogP contribution in [0.5, 0.6) is 0 Å². The Morgan fingerprint density at radius 1 is 1.30 bits per heavy atom. The molecule has 1 aliphatic rings. The van der Waals surface area contributed by atoms with Gasteiger partial charge in [0.2, 0.25) is 0 Å². The molecule has 0 aliphatic carbocycles. The quantitative estimate of drug-likeness (QED) is 0.375. The maximum Gasteiger partial charge on any atom is 0.308 e. The fraction of sp³-hybridized carbons (Fsp3) is 0.522. The first-order valence-electron chi connectivity index (χ1n) is 9.60. The Labute approximate surface area is 163 Å². The first-order chi connectivity index (χ1) is 12.8. The molecular weight excluding hydrogens is 340 g/mol. The highest BCUT2D eigenvalue weighted by atomic mass is 17.2. The number of methoxy groups -OCH3 is 1. The molecule has 0 amide bonds. The van der Waals surface area contributed by atoms with E-state index < -0.39 is 0 Å². The van der Waals surface area contributed by atoms with E-state index in [9.17, 15) is 4.79 Å². The first-order valence-corrected chi connectivity index (χ1v) is 9.60. The predicted molar refractivity (Wildman–Crippen MR) is 107 cm³/mol. The van der Waals surface area contributed by atoms with Crippen LogP contribution in [0, 0.1) is 5.92 Å². The Hall–Kier alpha value is -1.91. The summed E-state index contributed by atoms with van der Waals surface area (Å²) in [7, 11) is 1.39. The summed E-state index contributed by atoms with van der Waals surface area (Å²) in [4.78, 5) is 22.7. The zero-order valence-electron chi connectivity index (χ0n) is 17.2. The molecule has 1 aliphatic heterocycles. The minimum atomic E-state index is -0.383. The molecule has 4 heteroatoms. The van der Waals surface area contributed by atoms with Crippen molar-refractivity contribution in [1.82, 2.24) is 0 Å². The van der Waals surface area contributed by atoms with Crippen LogP contribution in [-0.4, -0.2) is 24.8 Å². The smallest absolute Gasteiger partial charge is 0.308 e. The number of carbonyl (C=O) groups excluding carboxylic acids is 1. The van der Waals surface area contributed by atoms with Crippen molar-refractivity contribution in [3.8, 4) is 0 Å². The van der Waals surface area contributed by atoms with E-state index in [0.29, 0.717) is 0 Å². The van der Waals surface area contributed by atoms with E-state index in [4.69, 9.17) is 14.5 Å². The highest BCUT2D eigenvalue weighted by Crippen LogP contribution is 2.36. The lowest BCUT2D eigenvalue weighted by Crippen LogP contribution is -2.43. The second kappa shape index (κ2) is 9.86. The summed E-state index contributed by atoms with van der Waals surface area (Å²) < 4.78 is 4.73. The van der Waals surface area contributed by atoms with E-state index in [1.54, 1.807) is 0 Å². The van der Waals surface area contributed by atoms with Gasteiger partial charge in [0.1, 0.15) is 11.7 Å². The van der Waals surface area contributed by atoms with Gasteiger partial charge in [-0.1, -0.05) is 60.6 Å². The average molecular weight is 373 g/mol. The molecule has 27 heavy (non-hydrogen) atoms. The Balaban J connectivity index is 1.91. The number of hydrogen-bond donors (Lipinski definition) is 0. The highest BCUT2D eigenvalue weighted by Gasteiger charge is 2.39. The molecule has 0 radical (unpaired) electrons. The van der Waals surface area contributed by atoms with Gasteiger partial charge in [0, 0.05) is 6.42 Å². The number of allylic oxidation sites excluding steroid dienone is 3. The molecule has 3 atom stereocenters. The van der Waals surface area contributed by atoms with Gasteiger partial charge in [0.15, 0.2) is 0 Å². The van der Waals surface area contributed by atoms with Crippen LogP contribution in [0.25, 0.3) is 0 Å². The lowest BCUT2D eigenvalue weighted by atomic mass is 9.83. The fourth-order valence-corrected chi connectivity index (χ4v) is 3.69. The van der Waals surface area contributed by atoms with Gasteiger partial charge >= 0.3 is 5.97 Å². The fourth-order valence-electron chi connectivity index (χ4n) is 3.69. The summed E-state index contributed by atoms with van der Waals surface area (Å²) in [5.74, 6) is -0.0420. The van der Waals surface area contributed by atoms with E-state index in [1.165, 1.54) is 23.8 Å². The van der Waals surface area contributed by atoms with Crippen LogP contribution in [0.4, 0.5) is 0 Å². The standard InChI is InChI=1S/C23H32O4/c1-17(11-12-20-9-7-6-8-10-20)13-18(2)15-23(4)16-19(3)21(26-27-23)14-22(24)25-5/h6-11,13,19,21H,12,14-16H2,1-5H3/b17-11+,18-13+/t19-,21+,23+/m1/s1. The molecule has 4 nitrogen and oxygen atoms in total. The summed E-state index contributed by atoms with van der Waals surface area (Å²) in [5.41, 5.74) is 3.42. The molecule has 1 saturated heterocycles. The van der Waals surface area contributed by atoms with Crippen LogP contribution < -0.4 is 0 Å². The monoisotopic (exact) mass is 372 g/mol. The minimum Gasteiger partial charge on any atom is -0.469 e. The van der Waals surface area contributed by atoms with Crippen molar-refractivity contribution >= 4 is 5.97 Å². The van der Waals surface area contributed by atoms with E-state index in [2.05, 4.69) is 64.1 Å². The molecule has 0 saturated carbocycles. The molecule has 0 N–H and O–H groups in total. The molecule has 0 bridgehead atoms. The van der Waals surface area contributed by atoms with Crippen LogP contribution >= 0.6 is 0 Å². The lowest BCUT2D eigenvalue weighted by molar-refractivity contribution is -0.415. The second-order valence-electron chi connectivity index (χ2n) is 7.93. The lowest BCUT2D eigenvalue weighted by Gasteiger charge is -2.40. The largest absolute Gasteiger partial charge is 0.469 e. The molecular formula is C23H32O4. The number of ether oxygens (including phenoxy) is 1.